The van der Waals surface area contributed by atoms with Crippen LogP contribution in [0.1, 0.15) is 19.4 Å². The summed E-state index contributed by atoms with van der Waals surface area (Å²) in [7, 11) is 0. The largest absolute Gasteiger partial charge is 0.462 e. The minimum Gasteiger partial charge on any atom is -0.462 e. The van der Waals surface area contributed by atoms with Crippen molar-refractivity contribution >= 4 is 17.5 Å². The summed E-state index contributed by atoms with van der Waals surface area (Å²) in [5.74, 6) is -1.17. The van der Waals surface area contributed by atoms with E-state index in [1.54, 1.807) is 18.2 Å². The van der Waals surface area contributed by atoms with Gasteiger partial charge in [0, 0.05) is 13.8 Å². The smallest absolute Gasteiger partial charge is 0.302 e. The van der Waals surface area contributed by atoms with Crippen LogP contribution in [0.3, 0.4) is 0 Å². The van der Waals surface area contributed by atoms with E-state index in [2.05, 4.69) is 0 Å². The summed E-state index contributed by atoms with van der Waals surface area (Å²) in [5, 5.41) is 0. The molecule has 0 heterocycles. The molecule has 1 aromatic rings. The first-order valence-corrected chi connectivity index (χ1v) is 5.70. The Morgan fingerprint density at radius 3 is 2.21 bits per heavy atom. The van der Waals surface area contributed by atoms with Gasteiger partial charge in [-0.25, -0.2) is 4.39 Å². The molecule has 0 saturated heterocycles. The molecule has 0 unspecified atom stereocenters. The van der Waals surface area contributed by atoms with Gasteiger partial charge in [-0.15, -0.1) is 0 Å². The van der Waals surface area contributed by atoms with Crippen LogP contribution in [0.4, 0.5) is 4.39 Å². The fourth-order valence-electron chi connectivity index (χ4n) is 1.36. The lowest BCUT2D eigenvalue weighted by Gasteiger charge is -2.08. The Morgan fingerprint density at radius 2 is 1.68 bits per heavy atom. The van der Waals surface area contributed by atoms with Crippen LogP contribution in [0.5, 0.6) is 0 Å². The van der Waals surface area contributed by atoms with Crippen molar-refractivity contribution in [2.75, 3.05) is 13.2 Å². The second-order valence-corrected chi connectivity index (χ2v) is 3.82. The Kier molecular flexibility index (Phi) is 5.73. The molecule has 1 aromatic carbocycles. The first-order valence-electron chi connectivity index (χ1n) is 5.70. The van der Waals surface area contributed by atoms with E-state index in [4.69, 9.17) is 9.47 Å². The average molecular weight is 266 g/mol. The van der Waals surface area contributed by atoms with Gasteiger partial charge in [0.15, 0.2) is 0 Å². The zero-order valence-corrected chi connectivity index (χ0v) is 10.8. The Labute approximate surface area is 110 Å². The second-order valence-electron chi connectivity index (χ2n) is 3.82. The third-order valence-electron chi connectivity index (χ3n) is 2.26. The maximum atomic E-state index is 12.8. The lowest BCUT2D eigenvalue weighted by atomic mass is 10.1. The molecule has 0 aliphatic carbocycles. The van der Waals surface area contributed by atoms with Crippen molar-refractivity contribution in [3.63, 3.8) is 0 Å². The van der Waals surface area contributed by atoms with E-state index in [-0.39, 0.29) is 19.0 Å². The number of hydrogen-bond donors (Lipinski definition) is 0. The Hall–Kier alpha value is -2.17. The molecule has 0 aliphatic rings. The summed E-state index contributed by atoms with van der Waals surface area (Å²) >= 11 is 0. The van der Waals surface area contributed by atoms with Crippen LogP contribution in [0, 0.1) is 5.82 Å². The highest BCUT2D eigenvalue weighted by Crippen LogP contribution is 2.15. The summed E-state index contributed by atoms with van der Waals surface area (Å²) in [4.78, 5) is 21.5. The predicted octanol–water partition coefficient (Wildman–Crippen LogP) is 2.34. The van der Waals surface area contributed by atoms with Gasteiger partial charge in [0.05, 0.1) is 0 Å². The highest BCUT2D eigenvalue weighted by atomic mass is 19.1. The van der Waals surface area contributed by atoms with Crippen LogP contribution >= 0.6 is 0 Å². The number of carbonyl (C=O) groups excluding carboxylic acids is 2. The summed E-state index contributed by atoms with van der Waals surface area (Å²) in [5.41, 5.74) is 1.35. The zero-order chi connectivity index (χ0) is 14.3. The summed E-state index contributed by atoms with van der Waals surface area (Å²) in [6.07, 6.45) is 1.62. The normalized spacial score (nSPS) is 11.0. The van der Waals surface area contributed by atoms with Gasteiger partial charge in [-0.3, -0.25) is 9.59 Å². The molecule has 0 spiro atoms. The molecule has 0 atom stereocenters. The lowest BCUT2D eigenvalue weighted by Crippen LogP contribution is -2.05. The average Bonchev–Trinajstić information content (AvgIpc) is 2.34. The monoisotopic (exact) mass is 266 g/mol. The second kappa shape index (κ2) is 7.31. The predicted molar refractivity (Wildman–Crippen MR) is 67.6 cm³/mol. The Morgan fingerprint density at radius 1 is 1.11 bits per heavy atom. The SMILES string of the molecule is CC(=O)OC/C=C(/COC(C)=O)c1ccc(F)cc1. The first kappa shape index (κ1) is 14.9. The fraction of sp³-hybridized carbons (Fsp3) is 0.286. The van der Waals surface area contributed by atoms with E-state index in [0.29, 0.717) is 11.1 Å². The molecule has 0 aromatic heterocycles. The third-order valence-corrected chi connectivity index (χ3v) is 2.26. The molecular formula is C14H15FO4. The van der Waals surface area contributed by atoms with E-state index in [9.17, 15) is 14.0 Å². The highest BCUT2D eigenvalue weighted by Gasteiger charge is 2.05. The topological polar surface area (TPSA) is 52.6 Å². The van der Waals surface area contributed by atoms with Crippen molar-refractivity contribution in [3.8, 4) is 0 Å². The molecule has 102 valence electrons. The van der Waals surface area contributed by atoms with Crippen LogP contribution in [0.15, 0.2) is 30.3 Å². The maximum absolute atomic E-state index is 12.8. The summed E-state index contributed by atoms with van der Waals surface area (Å²) < 4.78 is 22.5. The van der Waals surface area contributed by atoms with Gasteiger partial charge in [0.2, 0.25) is 0 Å². The summed E-state index contributed by atoms with van der Waals surface area (Å²) in [6, 6.07) is 5.75. The van der Waals surface area contributed by atoms with Gasteiger partial charge < -0.3 is 9.47 Å². The molecule has 1 rings (SSSR count). The number of halogens is 1. The van der Waals surface area contributed by atoms with Crippen LogP contribution in [-0.2, 0) is 19.1 Å². The van der Waals surface area contributed by atoms with Crippen molar-refractivity contribution in [2.24, 2.45) is 0 Å². The maximum Gasteiger partial charge on any atom is 0.302 e. The number of ether oxygens (including phenoxy) is 2. The minimum atomic E-state index is -0.416. The van der Waals surface area contributed by atoms with Gasteiger partial charge in [-0.1, -0.05) is 12.1 Å². The van der Waals surface area contributed by atoms with E-state index < -0.39 is 11.9 Å². The molecule has 5 heteroatoms. The number of hydrogen-bond acceptors (Lipinski definition) is 4. The summed E-state index contributed by atoms with van der Waals surface area (Å²) in [6.45, 7) is 2.72. The van der Waals surface area contributed by atoms with Gasteiger partial charge in [0.1, 0.15) is 19.0 Å². The molecule has 19 heavy (non-hydrogen) atoms. The molecule has 0 amide bonds. The highest BCUT2D eigenvalue weighted by molar-refractivity contribution is 5.72. The van der Waals surface area contributed by atoms with Gasteiger partial charge in [-0.2, -0.15) is 0 Å². The Balaban J connectivity index is 2.81. The van der Waals surface area contributed by atoms with Crippen molar-refractivity contribution in [1.82, 2.24) is 0 Å². The van der Waals surface area contributed by atoms with Crippen LogP contribution in [-0.4, -0.2) is 25.2 Å². The standard InChI is InChI=1S/C14H15FO4/c1-10(16)18-8-7-13(9-19-11(2)17)12-3-5-14(15)6-4-12/h3-7H,8-9H2,1-2H3/b13-7-. The van der Waals surface area contributed by atoms with Gasteiger partial charge in [-0.05, 0) is 29.3 Å². The minimum absolute atomic E-state index is 0.0439. The molecule has 0 radical (unpaired) electrons. The van der Waals surface area contributed by atoms with E-state index in [1.807, 2.05) is 0 Å². The molecule has 0 bridgehead atoms. The number of rotatable bonds is 5. The van der Waals surface area contributed by atoms with Gasteiger partial charge in [0.25, 0.3) is 0 Å². The molecule has 0 saturated carbocycles. The number of carbonyl (C=O) groups is 2. The first-order chi connectivity index (χ1) is 8.99. The molecule has 4 nitrogen and oxygen atoms in total. The quantitative estimate of drug-likeness (QED) is 0.767. The zero-order valence-electron chi connectivity index (χ0n) is 10.8. The number of esters is 2. The van der Waals surface area contributed by atoms with Crippen molar-refractivity contribution in [3.05, 3.63) is 41.7 Å². The Bertz CT molecular complexity index is 477. The lowest BCUT2D eigenvalue weighted by molar-refractivity contribution is -0.140. The van der Waals surface area contributed by atoms with Crippen molar-refractivity contribution in [1.29, 1.82) is 0 Å². The molecular weight excluding hydrogens is 251 g/mol. The molecule has 0 aliphatic heterocycles. The van der Waals surface area contributed by atoms with Crippen molar-refractivity contribution in [2.45, 2.75) is 13.8 Å². The van der Waals surface area contributed by atoms with Crippen LogP contribution in [0.25, 0.3) is 5.57 Å². The number of benzene rings is 1. The van der Waals surface area contributed by atoms with Crippen LogP contribution in [0.2, 0.25) is 0 Å². The fourth-order valence-corrected chi connectivity index (χ4v) is 1.36. The van der Waals surface area contributed by atoms with E-state index in [0.717, 1.165) is 0 Å². The molecule has 0 N–H and O–H groups in total. The third kappa shape index (κ3) is 5.81. The van der Waals surface area contributed by atoms with Crippen LogP contribution < -0.4 is 0 Å². The van der Waals surface area contributed by atoms with E-state index in [1.165, 1.54) is 26.0 Å². The molecule has 0 fully saturated rings. The van der Waals surface area contributed by atoms with E-state index >= 15 is 0 Å². The van der Waals surface area contributed by atoms with Crippen molar-refractivity contribution < 1.29 is 23.5 Å². The van der Waals surface area contributed by atoms with Gasteiger partial charge >= 0.3 is 11.9 Å².